The number of alkyl halides is 2. The number of carbonyl (C=O) groups excluding carboxylic acids is 1. The van der Waals surface area contributed by atoms with Gasteiger partial charge in [0.25, 0.3) is 5.91 Å². The number of anilines is 1. The van der Waals surface area contributed by atoms with Crippen LogP contribution in [-0.4, -0.2) is 17.5 Å². The first-order chi connectivity index (χ1) is 12.0. The van der Waals surface area contributed by atoms with Crippen molar-refractivity contribution in [2.75, 3.05) is 5.32 Å². The Kier molecular flexibility index (Phi) is 5.04. The molecule has 3 aromatic rings. The van der Waals surface area contributed by atoms with Crippen LogP contribution in [0.2, 0.25) is 0 Å². The number of thiazole rings is 1. The second-order valence-electron chi connectivity index (χ2n) is 5.16. The maximum atomic E-state index is 12.5. The summed E-state index contributed by atoms with van der Waals surface area (Å²) < 4.78 is 28.6. The molecule has 0 aliphatic rings. The van der Waals surface area contributed by atoms with Gasteiger partial charge in [-0.3, -0.25) is 4.79 Å². The number of halogens is 2. The van der Waals surface area contributed by atoms with E-state index >= 15 is 0 Å². The summed E-state index contributed by atoms with van der Waals surface area (Å²) in [5.74, 6) is -0.256. The number of nitrogens with one attached hydrogen (secondary N) is 1. The monoisotopic (exact) mass is 360 g/mol. The van der Waals surface area contributed by atoms with Crippen molar-refractivity contribution in [3.63, 3.8) is 0 Å². The molecule has 0 aliphatic carbocycles. The molecule has 0 spiro atoms. The molecule has 1 heterocycles. The molecule has 25 heavy (non-hydrogen) atoms. The van der Waals surface area contributed by atoms with E-state index in [-0.39, 0.29) is 11.7 Å². The number of amides is 1. The van der Waals surface area contributed by atoms with Crippen LogP contribution in [0.5, 0.6) is 5.75 Å². The highest BCUT2D eigenvalue weighted by Gasteiger charge is 2.16. The van der Waals surface area contributed by atoms with Crippen LogP contribution >= 0.6 is 11.3 Å². The van der Waals surface area contributed by atoms with Crippen LogP contribution in [-0.2, 0) is 0 Å². The van der Waals surface area contributed by atoms with Gasteiger partial charge in [-0.05, 0) is 31.2 Å². The minimum Gasteiger partial charge on any atom is -0.435 e. The summed E-state index contributed by atoms with van der Waals surface area (Å²) in [6.07, 6.45) is 0. The maximum absolute atomic E-state index is 12.5. The molecule has 0 saturated heterocycles. The number of carbonyl (C=O) groups is 1. The summed E-state index contributed by atoms with van der Waals surface area (Å²) in [6, 6.07) is 15.4. The predicted molar refractivity (Wildman–Crippen MR) is 93.3 cm³/mol. The first-order valence-electron chi connectivity index (χ1n) is 7.42. The minimum absolute atomic E-state index is 0.0355. The van der Waals surface area contributed by atoms with Crippen LogP contribution in [0, 0.1) is 6.92 Å². The Morgan fingerprint density at radius 3 is 2.44 bits per heavy atom. The quantitative estimate of drug-likeness (QED) is 0.699. The number of aromatic nitrogens is 1. The molecule has 7 heteroatoms. The van der Waals surface area contributed by atoms with Crippen molar-refractivity contribution in [2.24, 2.45) is 0 Å². The number of ether oxygens (including phenoxy) is 1. The van der Waals surface area contributed by atoms with E-state index in [2.05, 4.69) is 15.0 Å². The number of rotatable bonds is 5. The van der Waals surface area contributed by atoms with Gasteiger partial charge < -0.3 is 10.1 Å². The summed E-state index contributed by atoms with van der Waals surface area (Å²) in [7, 11) is 0. The molecule has 0 unspecified atom stereocenters. The second kappa shape index (κ2) is 7.40. The summed E-state index contributed by atoms with van der Waals surface area (Å²) in [5.41, 5.74) is 2.07. The van der Waals surface area contributed by atoms with Crippen LogP contribution in [0.3, 0.4) is 0 Å². The Balaban J connectivity index is 1.74. The molecule has 0 aliphatic heterocycles. The van der Waals surface area contributed by atoms with Gasteiger partial charge in [0, 0.05) is 11.3 Å². The standard InChI is InChI=1S/C18H14F2N2O2S/c1-11-15(25-17(21-11)12-5-3-2-4-6-12)16(23)22-13-7-9-14(10-8-13)24-18(19)20/h2-10,18H,1H3,(H,22,23). The number of aryl methyl sites for hydroxylation is 1. The SMILES string of the molecule is Cc1nc(-c2ccccc2)sc1C(=O)Nc1ccc(OC(F)F)cc1. The van der Waals surface area contributed by atoms with E-state index in [9.17, 15) is 13.6 Å². The Morgan fingerprint density at radius 1 is 1.12 bits per heavy atom. The topological polar surface area (TPSA) is 51.2 Å². The van der Waals surface area contributed by atoms with Gasteiger partial charge in [0.15, 0.2) is 0 Å². The van der Waals surface area contributed by atoms with Gasteiger partial charge >= 0.3 is 6.61 Å². The lowest BCUT2D eigenvalue weighted by Crippen LogP contribution is -2.11. The molecule has 3 rings (SSSR count). The Bertz CT molecular complexity index is 865. The van der Waals surface area contributed by atoms with E-state index in [4.69, 9.17) is 0 Å². The predicted octanol–water partition coefficient (Wildman–Crippen LogP) is 4.97. The number of nitrogens with zero attached hydrogens (tertiary/aromatic N) is 1. The summed E-state index contributed by atoms with van der Waals surface area (Å²) in [4.78, 5) is 17.4. The van der Waals surface area contributed by atoms with Crippen molar-refractivity contribution in [3.8, 4) is 16.3 Å². The molecular weight excluding hydrogens is 346 g/mol. The van der Waals surface area contributed by atoms with Crippen LogP contribution in [0.1, 0.15) is 15.4 Å². The first-order valence-corrected chi connectivity index (χ1v) is 8.23. The highest BCUT2D eigenvalue weighted by Crippen LogP contribution is 2.28. The lowest BCUT2D eigenvalue weighted by atomic mass is 10.2. The van der Waals surface area contributed by atoms with Gasteiger partial charge in [-0.2, -0.15) is 8.78 Å². The normalized spacial score (nSPS) is 10.7. The molecule has 4 nitrogen and oxygen atoms in total. The van der Waals surface area contributed by atoms with Gasteiger partial charge in [-0.25, -0.2) is 4.98 Å². The van der Waals surface area contributed by atoms with Gasteiger partial charge in [0.1, 0.15) is 15.6 Å². The lowest BCUT2D eigenvalue weighted by Gasteiger charge is -2.07. The van der Waals surface area contributed by atoms with Crippen molar-refractivity contribution < 1.29 is 18.3 Å². The van der Waals surface area contributed by atoms with Crippen LogP contribution in [0.15, 0.2) is 54.6 Å². The summed E-state index contributed by atoms with van der Waals surface area (Å²) >= 11 is 1.30. The van der Waals surface area contributed by atoms with E-state index in [1.165, 1.54) is 35.6 Å². The first kappa shape index (κ1) is 17.0. The molecule has 0 saturated carbocycles. The fourth-order valence-electron chi connectivity index (χ4n) is 2.22. The van der Waals surface area contributed by atoms with Crippen molar-refractivity contribution >= 4 is 22.9 Å². The van der Waals surface area contributed by atoms with Crippen LogP contribution in [0.25, 0.3) is 10.6 Å². The van der Waals surface area contributed by atoms with Crippen molar-refractivity contribution in [1.82, 2.24) is 4.98 Å². The van der Waals surface area contributed by atoms with Crippen molar-refractivity contribution in [1.29, 1.82) is 0 Å². The third-order valence-corrected chi connectivity index (χ3v) is 4.57. The smallest absolute Gasteiger partial charge is 0.387 e. The Hall–Kier alpha value is -2.80. The van der Waals surface area contributed by atoms with E-state index in [1.807, 2.05) is 30.3 Å². The zero-order chi connectivity index (χ0) is 17.8. The fraction of sp³-hybridized carbons (Fsp3) is 0.111. The number of benzene rings is 2. The zero-order valence-corrected chi connectivity index (χ0v) is 14.0. The third kappa shape index (κ3) is 4.19. The van der Waals surface area contributed by atoms with E-state index < -0.39 is 6.61 Å². The molecule has 1 aromatic heterocycles. The van der Waals surface area contributed by atoms with Gasteiger partial charge in [0.2, 0.25) is 0 Å². The summed E-state index contributed by atoms with van der Waals surface area (Å²) in [5, 5.41) is 3.50. The van der Waals surface area contributed by atoms with Crippen molar-refractivity contribution in [3.05, 3.63) is 65.2 Å². The van der Waals surface area contributed by atoms with E-state index in [1.54, 1.807) is 6.92 Å². The fourth-order valence-corrected chi connectivity index (χ4v) is 3.19. The van der Waals surface area contributed by atoms with Gasteiger partial charge in [-0.1, -0.05) is 30.3 Å². The highest BCUT2D eigenvalue weighted by molar-refractivity contribution is 7.17. The number of hydrogen-bond donors (Lipinski definition) is 1. The lowest BCUT2D eigenvalue weighted by molar-refractivity contribution is -0.0498. The largest absolute Gasteiger partial charge is 0.435 e. The van der Waals surface area contributed by atoms with Gasteiger partial charge in [0.05, 0.1) is 5.69 Å². The zero-order valence-electron chi connectivity index (χ0n) is 13.2. The summed E-state index contributed by atoms with van der Waals surface area (Å²) in [6.45, 7) is -1.10. The molecule has 2 aromatic carbocycles. The Labute approximate surface area is 147 Å². The average molecular weight is 360 g/mol. The molecular formula is C18H14F2N2O2S. The number of hydrogen-bond acceptors (Lipinski definition) is 4. The second-order valence-corrected chi connectivity index (χ2v) is 6.16. The molecule has 0 radical (unpaired) electrons. The molecule has 0 atom stereocenters. The molecule has 1 amide bonds. The minimum atomic E-state index is -2.88. The Morgan fingerprint density at radius 2 is 1.80 bits per heavy atom. The highest BCUT2D eigenvalue weighted by atomic mass is 32.1. The molecule has 1 N–H and O–H groups in total. The third-order valence-electron chi connectivity index (χ3n) is 3.36. The molecule has 0 bridgehead atoms. The molecule has 0 fully saturated rings. The van der Waals surface area contributed by atoms with Crippen LogP contribution in [0.4, 0.5) is 14.5 Å². The average Bonchev–Trinajstić information content (AvgIpc) is 2.99. The maximum Gasteiger partial charge on any atom is 0.387 e. The van der Waals surface area contributed by atoms with E-state index in [0.717, 1.165) is 10.6 Å². The van der Waals surface area contributed by atoms with Crippen LogP contribution < -0.4 is 10.1 Å². The van der Waals surface area contributed by atoms with E-state index in [0.29, 0.717) is 16.3 Å². The van der Waals surface area contributed by atoms with Gasteiger partial charge in [-0.15, -0.1) is 11.3 Å². The van der Waals surface area contributed by atoms with Crippen molar-refractivity contribution in [2.45, 2.75) is 13.5 Å². The molecule has 128 valence electrons.